The number of unbranched alkanes of at least 4 members (excludes halogenated alkanes) is 14. The highest BCUT2D eigenvalue weighted by molar-refractivity contribution is 14.1. The summed E-state index contributed by atoms with van der Waals surface area (Å²) in [4.78, 5) is 18.3. The Labute approximate surface area is 229 Å². The summed E-state index contributed by atoms with van der Waals surface area (Å²) in [5, 5.41) is 0. The van der Waals surface area contributed by atoms with E-state index in [0.29, 0.717) is 17.4 Å². The Morgan fingerprint density at radius 2 is 1.14 bits per heavy atom. The van der Waals surface area contributed by atoms with Gasteiger partial charge >= 0.3 is 7.82 Å². The number of halogens is 1. The van der Waals surface area contributed by atoms with Crippen molar-refractivity contribution in [2.45, 2.75) is 115 Å². The minimum atomic E-state index is -4.42. The van der Waals surface area contributed by atoms with E-state index in [2.05, 4.69) is 46.9 Å². The first-order valence-electron chi connectivity index (χ1n) is 13.8. The maximum atomic E-state index is 11.2. The predicted molar refractivity (Wildman–Crippen MR) is 157 cm³/mol. The summed E-state index contributed by atoms with van der Waals surface area (Å²) >= 11 is 2.36. The van der Waals surface area contributed by atoms with Crippen LogP contribution in [-0.2, 0) is 15.5 Å². The molecule has 0 amide bonds. The van der Waals surface area contributed by atoms with Gasteiger partial charge in [-0.05, 0) is 59.5 Å². The molecule has 1 aromatic rings. The van der Waals surface area contributed by atoms with Crippen molar-refractivity contribution >= 4 is 30.4 Å². The summed E-state index contributed by atoms with van der Waals surface area (Å²) < 4.78 is 18.2. The molecule has 0 aliphatic heterocycles. The number of aryl methyl sites for hydroxylation is 1. The van der Waals surface area contributed by atoms with Crippen molar-refractivity contribution in [3.05, 3.63) is 33.4 Å². The lowest BCUT2D eigenvalue weighted by atomic mass is 10.0. The van der Waals surface area contributed by atoms with Crippen molar-refractivity contribution in [2.75, 3.05) is 27.7 Å². The van der Waals surface area contributed by atoms with E-state index in [1.54, 1.807) is 0 Å². The smallest absolute Gasteiger partial charge is 0.329 e. The van der Waals surface area contributed by atoms with E-state index in [1.807, 2.05) is 21.1 Å². The lowest BCUT2D eigenvalue weighted by Crippen LogP contribution is -2.42. The Morgan fingerprint density at radius 1 is 0.743 bits per heavy atom. The number of phosphoric acid groups is 1. The minimum absolute atomic E-state index is 0.380. The van der Waals surface area contributed by atoms with E-state index in [1.165, 1.54) is 99.0 Å². The fraction of sp³-hybridized carbons (Fsp3) is 0.786. The van der Waals surface area contributed by atoms with Crippen LogP contribution in [0.2, 0.25) is 0 Å². The third kappa shape index (κ3) is 21.8. The molecule has 0 heterocycles. The summed E-state index contributed by atoms with van der Waals surface area (Å²) in [5.41, 5.74) is 1.47. The standard InChI is InChI=1S/C28H51INO4P/c1-30(2,3)25-28(34-35(31,32)33)20-18-16-14-12-10-8-6-4-5-7-9-11-13-15-17-19-26-21-23-27(29)24-22-26/h21-24,28H,4-20,25H2,1-3H3,(H-,31,32,33)/p+1/i29+4. The van der Waals surface area contributed by atoms with Crippen LogP contribution in [0.3, 0.4) is 0 Å². The molecule has 2 N–H and O–H groups in total. The summed E-state index contributed by atoms with van der Waals surface area (Å²) in [6, 6.07) is 8.94. The molecule has 1 atom stereocenters. The molecule has 0 spiro atoms. The zero-order valence-corrected chi connectivity index (χ0v) is 25.6. The van der Waals surface area contributed by atoms with Gasteiger partial charge in [-0.15, -0.1) is 0 Å². The molecule has 7 heteroatoms. The van der Waals surface area contributed by atoms with Crippen LogP contribution in [0.25, 0.3) is 0 Å². The molecule has 5 nitrogen and oxygen atoms in total. The third-order valence-electron chi connectivity index (χ3n) is 6.44. The lowest BCUT2D eigenvalue weighted by molar-refractivity contribution is -0.873. The van der Waals surface area contributed by atoms with Crippen LogP contribution in [0.1, 0.15) is 108 Å². The normalized spacial score (nSPS) is 13.3. The molecular formula is C28H52INO4P+. The van der Waals surface area contributed by atoms with Gasteiger partial charge in [0.2, 0.25) is 0 Å². The molecule has 35 heavy (non-hydrogen) atoms. The molecule has 0 saturated carbocycles. The van der Waals surface area contributed by atoms with E-state index in [4.69, 9.17) is 14.3 Å². The number of likely N-dealkylation sites (N-methyl/N-ethyl adjacent to an activating group) is 1. The zero-order valence-electron chi connectivity index (χ0n) is 22.6. The van der Waals surface area contributed by atoms with Crippen LogP contribution in [0.4, 0.5) is 0 Å². The van der Waals surface area contributed by atoms with Gasteiger partial charge in [-0.1, -0.05) is 102 Å². The average Bonchev–Trinajstić information content (AvgIpc) is 2.75. The number of nitrogens with zero attached hydrogens (tertiary/aromatic N) is 1. The average molecular weight is 629 g/mol. The Hall–Kier alpha value is 0.0200. The second-order valence-electron chi connectivity index (χ2n) is 11.2. The van der Waals surface area contributed by atoms with Crippen LogP contribution in [0.5, 0.6) is 0 Å². The Morgan fingerprint density at radius 3 is 1.54 bits per heavy atom. The van der Waals surface area contributed by atoms with E-state index < -0.39 is 7.82 Å². The summed E-state index contributed by atoms with van der Waals surface area (Å²) in [6.07, 6.45) is 21.1. The van der Waals surface area contributed by atoms with Crippen LogP contribution >= 0.6 is 30.4 Å². The van der Waals surface area contributed by atoms with E-state index >= 15 is 0 Å². The van der Waals surface area contributed by atoms with Crippen molar-refractivity contribution < 1.29 is 23.4 Å². The SMILES string of the molecule is C[N+](C)(C)CC(CCCCCCCCCCCCCCCCCc1ccc([131I])cc1)OP(=O)(O)O. The van der Waals surface area contributed by atoms with E-state index in [9.17, 15) is 4.57 Å². The van der Waals surface area contributed by atoms with Crippen LogP contribution in [0, 0.1) is 3.57 Å². The van der Waals surface area contributed by atoms with Crippen molar-refractivity contribution in [1.29, 1.82) is 0 Å². The maximum Gasteiger partial charge on any atom is 0.470 e. The maximum absolute atomic E-state index is 11.2. The molecule has 0 aliphatic carbocycles. The number of benzene rings is 1. The second-order valence-corrected chi connectivity index (χ2v) is 13.6. The number of hydrogen-bond acceptors (Lipinski definition) is 2. The molecule has 0 saturated heterocycles. The number of rotatable bonds is 22. The largest absolute Gasteiger partial charge is 0.470 e. The highest BCUT2D eigenvalue weighted by Crippen LogP contribution is 2.39. The van der Waals surface area contributed by atoms with Crippen molar-refractivity contribution in [3.63, 3.8) is 0 Å². The van der Waals surface area contributed by atoms with Gasteiger partial charge in [0, 0.05) is 3.57 Å². The molecule has 1 unspecified atom stereocenters. The van der Waals surface area contributed by atoms with Gasteiger partial charge in [-0.2, -0.15) is 0 Å². The van der Waals surface area contributed by atoms with E-state index in [0.717, 1.165) is 12.8 Å². The lowest BCUT2D eigenvalue weighted by Gasteiger charge is -2.29. The third-order valence-corrected chi connectivity index (χ3v) is 7.73. The molecule has 1 aromatic carbocycles. The van der Waals surface area contributed by atoms with E-state index in [-0.39, 0.29) is 6.10 Å². The molecular weight excluding hydrogens is 576 g/mol. The van der Waals surface area contributed by atoms with Gasteiger partial charge in [0.15, 0.2) is 0 Å². The predicted octanol–water partition coefficient (Wildman–Crippen LogP) is 8.26. The first kappa shape index (κ1) is 33.0. The fourth-order valence-corrected chi connectivity index (χ4v) is 5.55. The summed E-state index contributed by atoms with van der Waals surface area (Å²) in [7, 11) is 1.63. The molecule has 0 aliphatic rings. The highest BCUT2D eigenvalue weighted by atomic mass is 131. The molecule has 1 rings (SSSR count). The van der Waals surface area contributed by atoms with Gasteiger partial charge in [-0.3, -0.25) is 4.52 Å². The highest BCUT2D eigenvalue weighted by Gasteiger charge is 2.26. The van der Waals surface area contributed by atoms with Crippen molar-refractivity contribution in [3.8, 4) is 0 Å². The molecule has 0 aromatic heterocycles. The number of quaternary nitrogens is 1. The minimum Gasteiger partial charge on any atom is -0.329 e. The van der Waals surface area contributed by atoms with Crippen LogP contribution in [0.15, 0.2) is 24.3 Å². The monoisotopic (exact) mass is 628 g/mol. The first-order chi connectivity index (χ1) is 16.6. The molecule has 204 valence electrons. The second kappa shape index (κ2) is 19.1. The Bertz CT molecular complexity index is 687. The molecule has 0 radical (unpaired) electrons. The summed E-state index contributed by atoms with van der Waals surface area (Å²) in [6.45, 7) is 0.610. The van der Waals surface area contributed by atoms with Gasteiger partial charge in [-0.25, -0.2) is 4.57 Å². The van der Waals surface area contributed by atoms with Crippen LogP contribution < -0.4 is 0 Å². The zero-order chi connectivity index (χ0) is 26.0. The Kier molecular flexibility index (Phi) is 18.1. The fourth-order valence-electron chi connectivity index (χ4n) is 4.63. The number of phosphoric ester groups is 1. The first-order valence-corrected chi connectivity index (χ1v) is 16.4. The van der Waals surface area contributed by atoms with Crippen LogP contribution in [-0.4, -0.2) is 48.1 Å². The molecule has 0 fully saturated rings. The van der Waals surface area contributed by atoms with Crippen molar-refractivity contribution in [1.82, 2.24) is 0 Å². The van der Waals surface area contributed by atoms with Crippen molar-refractivity contribution in [2.24, 2.45) is 0 Å². The Balaban J connectivity index is 1.86. The molecule has 0 bridgehead atoms. The topological polar surface area (TPSA) is 66.8 Å². The summed E-state index contributed by atoms with van der Waals surface area (Å²) in [5.74, 6) is 0. The van der Waals surface area contributed by atoms with Gasteiger partial charge in [0.05, 0.1) is 21.1 Å². The van der Waals surface area contributed by atoms with Gasteiger partial charge in [0.25, 0.3) is 0 Å². The quantitative estimate of drug-likeness (QED) is 0.0588. The van der Waals surface area contributed by atoms with Gasteiger partial charge in [0.1, 0.15) is 12.6 Å². The van der Waals surface area contributed by atoms with Gasteiger partial charge < -0.3 is 14.3 Å². The number of hydrogen-bond donors (Lipinski definition) is 2.